The summed E-state index contributed by atoms with van der Waals surface area (Å²) in [6.45, 7) is 13.5. The van der Waals surface area contributed by atoms with Crippen molar-refractivity contribution in [3.63, 3.8) is 0 Å². The highest BCUT2D eigenvalue weighted by molar-refractivity contribution is 6.30. The molecular formula is C78H126Cl2N12O13. The van der Waals surface area contributed by atoms with E-state index in [0.29, 0.717) is 83.7 Å². The van der Waals surface area contributed by atoms with Gasteiger partial charge >= 0.3 is 0 Å². The molecule has 12 atom stereocenters. The molecule has 3 unspecified atom stereocenters. The van der Waals surface area contributed by atoms with Crippen molar-refractivity contribution >= 4 is 94.1 Å². The number of carbonyl (C=O) groups excluding carboxylic acids is 12. The van der Waals surface area contributed by atoms with Crippen molar-refractivity contribution in [2.75, 3.05) is 95.2 Å². The Balaban J connectivity index is 1.36. The van der Waals surface area contributed by atoms with Gasteiger partial charge < -0.3 is 64.8 Å². The molecule has 1 spiro atoms. The lowest BCUT2D eigenvalue weighted by molar-refractivity contribution is -0.162. The fourth-order valence-electron chi connectivity index (χ4n) is 17.4. The molecule has 2 saturated carbocycles. The number of likely N-dealkylation sites (N-methyl/N-ethyl adjacent to an activating group) is 6. The van der Waals surface area contributed by atoms with E-state index < -0.39 is 178 Å². The molecule has 2 saturated heterocycles. The molecule has 25 nitrogen and oxygen atoms in total. The lowest BCUT2D eigenvalue weighted by Gasteiger charge is -2.54. The molecule has 0 aromatic heterocycles. The largest absolute Gasteiger partial charge is 0.380 e. The number of methoxy groups -OCH3 is 1. The topological polar surface area (TPSA) is 279 Å². The van der Waals surface area contributed by atoms with E-state index in [-0.39, 0.29) is 76.4 Å². The van der Waals surface area contributed by atoms with Crippen LogP contribution in [-0.2, 0) is 62.3 Å². The van der Waals surface area contributed by atoms with E-state index in [0.717, 1.165) is 32.1 Å². The summed E-state index contributed by atoms with van der Waals surface area (Å²) >= 11 is 13.6. The Kier molecular flexibility index (Phi) is 32.0. The van der Waals surface area contributed by atoms with Crippen molar-refractivity contribution in [3.8, 4) is 0 Å². The van der Waals surface area contributed by atoms with E-state index in [4.69, 9.17) is 27.9 Å². The van der Waals surface area contributed by atoms with E-state index >= 15 is 43.2 Å². The number of nitrogens with one attached hydrogen (secondary N) is 3. The van der Waals surface area contributed by atoms with Crippen molar-refractivity contribution in [2.45, 2.75) is 267 Å². The number of fused-ring (bicyclic) bond motifs is 24. The third-order valence-electron chi connectivity index (χ3n) is 24.2. The van der Waals surface area contributed by atoms with Crippen LogP contribution in [0.25, 0.3) is 0 Å². The predicted octanol–water partition coefficient (Wildman–Crippen LogP) is 6.90. The van der Waals surface area contributed by atoms with Gasteiger partial charge in [-0.2, -0.15) is 0 Å². The Morgan fingerprint density at radius 2 is 1.28 bits per heavy atom. The Morgan fingerprint density at radius 3 is 1.90 bits per heavy atom. The number of ether oxygens (including phenoxy) is 1. The zero-order valence-corrected chi connectivity index (χ0v) is 67.0. The number of piperidine rings is 1. The number of amides is 12. The van der Waals surface area contributed by atoms with E-state index in [1.807, 2.05) is 60.6 Å². The Morgan fingerprint density at radius 1 is 0.619 bits per heavy atom. The van der Waals surface area contributed by atoms with Crippen LogP contribution in [0.5, 0.6) is 0 Å². The third-order valence-corrected chi connectivity index (χ3v) is 25.4. The molecule has 0 radical (unpaired) electrons. The second kappa shape index (κ2) is 39.2. The maximum absolute atomic E-state index is 15.9. The van der Waals surface area contributed by atoms with Crippen molar-refractivity contribution in [2.24, 2.45) is 35.0 Å². The van der Waals surface area contributed by atoms with Crippen LogP contribution in [0.3, 0.4) is 0 Å². The van der Waals surface area contributed by atoms with Crippen LogP contribution in [-0.4, -0.2) is 275 Å². The highest BCUT2D eigenvalue weighted by atomic mass is 35.5. The summed E-state index contributed by atoms with van der Waals surface area (Å²) in [5.74, 6) is -8.02. The Labute approximate surface area is 635 Å². The average Bonchev–Trinajstić information content (AvgIpc) is 1.31. The molecule has 105 heavy (non-hydrogen) atoms. The zero-order chi connectivity index (χ0) is 77.4. The van der Waals surface area contributed by atoms with Gasteiger partial charge in [0.15, 0.2) is 0 Å². The van der Waals surface area contributed by atoms with Gasteiger partial charge in [-0.3, -0.25) is 57.5 Å². The number of rotatable bonds is 12. The monoisotopic (exact) mass is 1510 g/mol. The van der Waals surface area contributed by atoms with Gasteiger partial charge in [-0.25, -0.2) is 0 Å². The van der Waals surface area contributed by atoms with Crippen molar-refractivity contribution in [1.29, 1.82) is 0 Å². The van der Waals surface area contributed by atoms with Crippen LogP contribution in [0.15, 0.2) is 24.3 Å². The smallest absolute Gasteiger partial charge is 0.248 e. The molecule has 590 valence electrons. The molecule has 0 aromatic carbocycles. The van der Waals surface area contributed by atoms with Crippen molar-refractivity contribution in [1.82, 2.24) is 60.0 Å². The van der Waals surface area contributed by atoms with Gasteiger partial charge in [0.05, 0.1) is 25.6 Å². The molecule has 7 aliphatic heterocycles. The first-order chi connectivity index (χ1) is 49.8. The molecule has 9 rings (SSSR count). The van der Waals surface area contributed by atoms with Crippen LogP contribution >= 0.6 is 23.2 Å². The summed E-state index contributed by atoms with van der Waals surface area (Å²) in [6.07, 6.45) is 17.1. The number of likely N-dealkylation sites (tertiary alicyclic amines) is 1. The van der Waals surface area contributed by atoms with Gasteiger partial charge in [0, 0.05) is 105 Å². The molecular weight excluding hydrogens is 1380 g/mol. The van der Waals surface area contributed by atoms with Crippen LogP contribution < -0.4 is 16.0 Å². The Hall–Kier alpha value is -6.34. The minimum Gasteiger partial charge on any atom is -0.380 e. The summed E-state index contributed by atoms with van der Waals surface area (Å²) in [6, 6.07) is -8.21. The quantitative estimate of drug-likeness (QED) is 0.102. The van der Waals surface area contributed by atoms with E-state index in [1.54, 1.807) is 16.8 Å². The van der Waals surface area contributed by atoms with Gasteiger partial charge in [0.2, 0.25) is 70.9 Å². The van der Waals surface area contributed by atoms with Gasteiger partial charge in [-0.05, 0) is 151 Å². The first-order valence-corrected chi connectivity index (χ1v) is 40.1. The summed E-state index contributed by atoms with van der Waals surface area (Å²) in [7, 11) is 10.5. The number of hydrogen-bond donors (Lipinski definition) is 3. The minimum absolute atomic E-state index is 0.000311. The number of nitrogens with zero attached hydrogens (tertiary/aromatic N) is 9. The molecule has 0 aromatic rings. The molecule has 4 fully saturated rings. The fraction of sp³-hybridized carbons (Fsp3) is 0.795. The van der Waals surface area contributed by atoms with Crippen LogP contribution in [0.1, 0.15) is 203 Å². The number of halogens is 2. The molecule has 27 heteroatoms. The minimum atomic E-state index is -1.56. The zero-order valence-electron chi connectivity index (χ0n) is 65.5. The Bertz CT molecular complexity index is 3110. The lowest BCUT2D eigenvalue weighted by atomic mass is 9.58. The molecule has 7 heterocycles. The standard InChI is InChI=1S/C78H126Cl2N12O13/c1-15-50(5)66-74(102)85(9)47-65(95)87(11)59-30-24-20-27-41-91(73(59)101)62-42-52-33-31-51(32-34-52)28-22-19-23-29-58(68(96)82-66)86(10)64(94)44-61(72(100)90-39-25-21-26-40-90)88(12)75(103)67(53(16-2)17-3)89(13)76(104)78(48-77(6,7)49-78)83-69(97)60-43-55(105-14)45-92(60)70(98)54(35-36-57(80)56(79)18-4)37-38-81-63(93)46-84(8)71(62)99/h20,22,24,28,50-62,66-67H,15-19,21,23,25-27,29-49H2,1-14H3,(H,81,93)(H,82,96)(H,83,97)/b24-20-,28-22+/t50-,51?,52?,54?,55+,56?,57?,58-,59-,60-,61-,62-,66-,67-/m0/s1. The lowest BCUT2D eigenvalue weighted by Crippen LogP contribution is -2.71. The van der Waals surface area contributed by atoms with Gasteiger partial charge in [0.25, 0.3) is 0 Å². The van der Waals surface area contributed by atoms with Gasteiger partial charge in [-0.15, -0.1) is 23.2 Å². The number of hydrogen-bond acceptors (Lipinski definition) is 13. The maximum atomic E-state index is 15.9. The first kappa shape index (κ1) is 85.9. The average molecular weight is 1510 g/mol. The maximum Gasteiger partial charge on any atom is 0.248 e. The first-order valence-electron chi connectivity index (χ1n) is 39.2. The van der Waals surface area contributed by atoms with E-state index in [1.165, 1.54) is 76.6 Å². The number of allylic oxidation sites excluding steroid dienone is 2. The summed E-state index contributed by atoms with van der Waals surface area (Å²) in [4.78, 5) is 196. The normalized spacial score (nSPS) is 30.8. The van der Waals surface area contributed by atoms with Crippen LogP contribution in [0, 0.1) is 35.0 Å². The SMILES string of the molecule is CCC(Cl)C(Cl)CCC1CCNC(=O)CN(C)C(=O)[C@@H]2CC3CCC(/C=C/CCC[C@@H](C(=O)N[C@@H]([C@@H](C)CC)C(=O)N(C)CC(=O)N(C)[C@H]4C/C=C\CCN2C4=O)N(C)C(=O)C[C@@H](C(=O)N2CCCCC2)N(C)C(=O)[C@H](C(CC)CC)N(C)C(=O)C2(CC(C)(C)C2)NC(=O)[C@@H]2C[C@@H](OC)CN2C1=O)CC3. The molecule has 3 N–H and O–H groups in total. The fourth-order valence-corrected chi connectivity index (χ4v) is 17.8. The van der Waals surface area contributed by atoms with Crippen molar-refractivity contribution < 1.29 is 62.3 Å². The van der Waals surface area contributed by atoms with E-state index in [9.17, 15) is 14.4 Å². The van der Waals surface area contributed by atoms with Crippen LogP contribution in [0.4, 0.5) is 0 Å². The predicted molar refractivity (Wildman–Crippen MR) is 404 cm³/mol. The molecule has 9 aliphatic rings. The number of alkyl halides is 2. The third kappa shape index (κ3) is 21.5. The van der Waals surface area contributed by atoms with Crippen LogP contribution in [0.2, 0.25) is 0 Å². The summed E-state index contributed by atoms with van der Waals surface area (Å²) in [5.41, 5.74) is -2.01. The van der Waals surface area contributed by atoms with Crippen molar-refractivity contribution in [3.05, 3.63) is 24.3 Å². The second-order valence-electron chi connectivity index (χ2n) is 32.3. The summed E-state index contributed by atoms with van der Waals surface area (Å²) in [5, 5.41) is 8.19. The number of carbonyl (C=O) groups is 12. The highest BCUT2D eigenvalue weighted by Crippen LogP contribution is 2.50. The van der Waals surface area contributed by atoms with Gasteiger partial charge in [0.1, 0.15) is 47.8 Å². The van der Waals surface area contributed by atoms with E-state index in [2.05, 4.69) is 28.1 Å². The van der Waals surface area contributed by atoms with Gasteiger partial charge in [-0.1, -0.05) is 92.0 Å². The second-order valence-corrected chi connectivity index (χ2v) is 33.4. The molecule has 12 amide bonds. The molecule has 2 aliphatic carbocycles. The molecule has 6 bridgehead atoms. The highest BCUT2D eigenvalue weighted by Gasteiger charge is 2.59. The summed E-state index contributed by atoms with van der Waals surface area (Å²) < 4.78 is 5.88.